The van der Waals surface area contributed by atoms with E-state index in [0.29, 0.717) is 5.56 Å². The molecular weight excluding hydrogens is 332 g/mol. The summed E-state index contributed by atoms with van der Waals surface area (Å²) in [6, 6.07) is 21.4. The maximum atomic E-state index is 12.8. The number of esters is 1. The second kappa shape index (κ2) is 7.99. The van der Waals surface area contributed by atoms with Gasteiger partial charge in [0.25, 0.3) is 0 Å². The van der Waals surface area contributed by atoms with Gasteiger partial charge >= 0.3 is 5.97 Å². The molecule has 5 heteroatoms. The molecule has 26 heavy (non-hydrogen) atoms. The van der Waals surface area contributed by atoms with E-state index in [2.05, 4.69) is 0 Å². The minimum atomic E-state index is -1.76. The van der Waals surface area contributed by atoms with Crippen LogP contribution >= 0.6 is 0 Å². The molecule has 2 aromatic carbocycles. The molecule has 0 aliphatic heterocycles. The third-order valence-corrected chi connectivity index (χ3v) is 4.20. The van der Waals surface area contributed by atoms with Crippen LogP contribution in [0.4, 0.5) is 0 Å². The molecule has 0 unspecified atom stereocenters. The molecule has 0 bridgehead atoms. The van der Waals surface area contributed by atoms with Crippen molar-refractivity contribution in [2.45, 2.75) is 18.3 Å². The number of ether oxygens (including phenoxy) is 2. The van der Waals surface area contributed by atoms with E-state index in [-0.39, 0.29) is 12.4 Å². The summed E-state index contributed by atoms with van der Waals surface area (Å²) < 4.78 is 16.4. The van der Waals surface area contributed by atoms with Gasteiger partial charge in [-0.25, -0.2) is 4.79 Å². The summed E-state index contributed by atoms with van der Waals surface area (Å²) in [6.07, 6.45) is 0.0547. The lowest BCUT2D eigenvalue weighted by molar-refractivity contribution is -0.196. The number of aliphatic hydroxyl groups excluding tert-OH is 1. The molecule has 0 aliphatic carbocycles. The van der Waals surface area contributed by atoms with E-state index in [0.717, 1.165) is 5.56 Å². The molecule has 0 fully saturated rings. The molecule has 0 saturated heterocycles. The van der Waals surface area contributed by atoms with Crippen molar-refractivity contribution in [2.24, 2.45) is 0 Å². The average Bonchev–Trinajstić information content (AvgIpc) is 3.24. The topological polar surface area (TPSA) is 68.9 Å². The molecule has 3 rings (SSSR count). The smallest absolute Gasteiger partial charge is 0.346 e. The second-order valence-electron chi connectivity index (χ2n) is 5.79. The Bertz CT molecular complexity index is 814. The molecule has 0 radical (unpaired) electrons. The molecule has 2 atom stereocenters. The first-order chi connectivity index (χ1) is 12.7. The lowest BCUT2D eigenvalue weighted by Crippen LogP contribution is -2.45. The monoisotopic (exact) mass is 352 g/mol. The van der Waals surface area contributed by atoms with Crippen LogP contribution in [0.25, 0.3) is 0 Å². The van der Waals surface area contributed by atoms with E-state index in [4.69, 9.17) is 13.9 Å². The number of rotatable bonds is 7. The lowest BCUT2D eigenvalue weighted by Gasteiger charge is -2.34. The molecule has 0 aliphatic rings. The number of furan rings is 1. The van der Waals surface area contributed by atoms with E-state index < -0.39 is 17.7 Å². The van der Waals surface area contributed by atoms with Gasteiger partial charge in [0.05, 0.1) is 20.0 Å². The molecule has 1 heterocycles. The largest absolute Gasteiger partial charge is 0.467 e. The van der Waals surface area contributed by atoms with Gasteiger partial charge in [-0.05, 0) is 23.3 Å². The first-order valence-corrected chi connectivity index (χ1v) is 8.21. The summed E-state index contributed by atoms with van der Waals surface area (Å²) in [6.45, 7) is 0.114. The highest BCUT2D eigenvalue weighted by atomic mass is 16.6. The molecule has 0 spiro atoms. The third-order valence-electron chi connectivity index (χ3n) is 4.20. The van der Waals surface area contributed by atoms with E-state index >= 15 is 0 Å². The van der Waals surface area contributed by atoms with Crippen molar-refractivity contribution in [2.75, 3.05) is 7.11 Å². The Labute approximate surface area is 151 Å². The van der Waals surface area contributed by atoms with Crippen LogP contribution in [0.1, 0.15) is 23.0 Å². The first kappa shape index (κ1) is 17.9. The zero-order valence-corrected chi connectivity index (χ0v) is 14.4. The first-order valence-electron chi connectivity index (χ1n) is 8.21. The number of carbonyl (C=O) groups excluding carboxylic acids is 1. The van der Waals surface area contributed by atoms with Gasteiger partial charge in [-0.15, -0.1) is 0 Å². The van der Waals surface area contributed by atoms with Crippen LogP contribution in [0.5, 0.6) is 0 Å². The molecule has 5 nitrogen and oxygen atoms in total. The predicted octanol–water partition coefficient (Wildman–Crippen LogP) is 3.60. The number of hydrogen-bond donors (Lipinski definition) is 1. The van der Waals surface area contributed by atoms with E-state index in [1.165, 1.54) is 13.4 Å². The highest BCUT2D eigenvalue weighted by molar-refractivity contribution is 5.82. The Morgan fingerprint density at radius 3 is 2.27 bits per heavy atom. The van der Waals surface area contributed by atoms with Gasteiger partial charge in [-0.2, -0.15) is 0 Å². The fourth-order valence-electron chi connectivity index (χ4n) is 2.86. The van der Waals surface area contributed by atoms with Gasteiger partial charge in [0.1, 0.15) is 5.76 Å². The van der Waals surface area contributed by atoms with E-state index in [1.807, 2.05) is 36.4 Å². The number of hydrogen-bond acceptors (Lipinski definition) is 5. The quantitative estimate of drug-likeness (QED) is 0.658. The van der Waals surface area contributed by atoms with Crippen molar-refractivity contribution in [3.8, 4) is 0 Å². The zero-order chi connectivity index (χ0) is 18.4. The predicted molar refractivity (Wildman–Crippen MR) is 95.0 cm³/mol. The Morgan fingerprint density at radius 2 is 1.69 bits per heavy atom. The molecule has 1 N–H and O–H groups in total. The van der Waals surface area contributed by atoms with Crippen molar-refractivity contribution in [3.05, 3.63) is 95.9 Å². The summed E-state index contributed by atoms with van der Waals surface area (Å²) in [4.78, 5) is 12.8. The van der Waals surface area contributed by atoms with E-state index in [9.17, 15) is 9.90 Å². The second-order valence-corrected chi connectivity index (χ2v) is 5.79. The van der Waals surface area contributed by atoms with Gasteiger partial charge in [0.2, 0.25) is 5.60 Å². The van der Waals surface area contributed by atoms with Crippen LogP contribution in [0.3, 0.4) is 0 Å². The van der Waals surface area contributed by atoms with Gasteiger partial charge in [-0.1, -0.05) is 60.7 Å². The van der Waals surface area contributed by atoms with Crippen molar-refractivity contribution in [1.82, 2.24) is 0 Å². The molecule has 0 amide bonds. The van der Waals surface area contributed by atoms with Crippen molar-refractivity contribution >= 4 is 5.97 Å². The van der Waals surface area contributed by atoms with Crippen LogP contribution in [-0.2, 0) is 26.5 Å². The van der Waals surface area contributed by atoms with Gasteiger partial charge < -0.3 is 19.0 Å². The minimum absolute atomic E-state index is 0.114. The van der Waals surface area contributed by atoms with Crippen LogP contribution in [0.2, 0.25) is 0 Å². The summed E-state index contributed by atoms with van der Waals surface area (Å²) in [5, 5.41) is 11.0. The molecular formula is C21H20O5. The SMILES string of the molecule is COC(=O)[C@](OCc1ccccc1)(c1ccccc1)[C@@H](O)c1ccco1. The van der Waals surface area contributed by atoms with Crippen LogP contribution < -0.4 is 0 Å². The minimum Gasteiger partial charge on any atom is -0.467 e. The Kier molecular flexibility index (Phi) is 5.51. The Morgan fingerprint density at radius 1 is 1.04 bits per heavy atom. The molecule has 3 aromatic rings. The number of aliphatic hydroxyl groups is 1. The van der Waals surface area contributed by atoms with Crippen LogP contribution in [0, 0.1) is 0 Å². The number of carbonyl (C=O) groups is 1. The highest BCUT2D eigenvalue weighted by Gasteiger charge is 2.51. The van der Waals surface area contributed by atoms with Gasteiger partial charge in [0, 0.05) is 0 Å². The molecule has 134 valence electrons. The normalized spacial score (nSPS) is 14.4. The fraction of sp³-hybridized carbons (Fsp3) is 0.190. The van der Waals surface area contributed by atoms with E-state index in [1.54, 1.807) is 36.4 Å². The zero-order valence-electron chi connectivity index (χ0n) is 14.4. The summed E-state index contributed by atoms with van der Waals surface area (Å²) in [5.74, 6) is -0.490. The maximum Gasteiger partial charge on any atom is 0.346 e. The Balaban J connectivity index is 2.07. The van der Waals surface area contributed by atoms with Gasteiger partial charge in [0.15, 0.2) is 6.10 Å². The average molecular weight is 352 g/mol. The number of methoxy groups -OCH3 is 1. The Hall–Kier alpha value is -2.89. The van der Waals surface area contributed by atoms with Crippen LogP contribution in [-0.4, -0.2) is 18.2 Å². The number of benzene rings is 2. The summed E-state index contributed by atoms with van der Waals surface area (Å²) >= 11 is 0. The van der Waals surface area contributed by atoms with Crippen LogP contribution in [0.15, 0.2) is 83.5 Å². The van der Waals surface area contributed by atoms with Crippen molar-refractivity contribution < 1.29 is 23.8 Å². The fourth-order valence-corrected chi connectivity index (χ4v) is 2.86. The van der Waals surface area contributed by atoms with Gasteiger partial charge in [-0.3, -0.25) is 0 Å². The van der Waals surface area contributed by atoms with Crippen molar-refractivity contribution in [1.29, 1.82) is 0 Å². The lowest BCUT2D eigenvalue weighted by atomic mass is 9.86. The summed E-state index contributed by atoms with van der Waals surface area (Å²) in [5.41, 5.74) is -0.418. The maximum absolute atomic E-state index is 12.8. The highest BCUT2D eigenvalue weighted by Crippen LogP contribution is 2.41. The van der Waals surface area contributed by atoms with Crippen molar-refractivity contribution in [3.63, 3.8) is 0 Å². The summed E-state index contributed by atoms with van der Waals surface area (Å²) in [7, 11) is 1.26. The molecule has 1 aromatic heterocycles. The molecule has 0 saturated carbocycles. The third kappa shape index (κ3) is 3.40. The standard InChI is InChI=1S/C21H20O5/c1-24-20(23)21(17-11-6-3-7-12-17,19(22)18-13-8-14-25-18)26-15-16-9-4-2-5-10-16/h2-14,19,22H,15H2,1H3/t19-,21-/m0/s1.